The number of nitrogens with one attached hydrogen (secondary N) is 1. The minimum atomic E-state index is 0.0492. The third kappa shape index (κ3) is 4.83. The first-order chi connectivity index (χ1) is 10.2. The third-order valence-electron chi connectivity index (χ3n) is 4.02. The van der Waals surface area contributed by atoms with Crippen LogP contribution in [0.5, 0.6) is 5.75 Å². The van der Waals surface area contributed by atoms with Crippen molar-refractivity contribution in [3.05, 3.63) is 29.8 Å². The summed E-state index contributed by atoms with van der Waals surface area (Å²) < 4.78 is 5.81. The monoisotopic (exact) mass is 290 g/mol. The maximum absolute atomic E-state index is 11.6. The van der Waals surface area contributed by atoms with E-state index in [0.29, 0.717) is 24.0 Å². The van der Waals surface area contributed by atoms with Gasteiger partial charge < -0.3 is 10.1 Å². The van der Waals surface area contributed by atoms with E-state index in [9.17, 15) is 4.79 Å². The highest BCUT2D eigenvalue weighted by Crippen LogP contribution is 2.18. The van der Waals surface area contributed by atoms with Gasteiger partial charge in [-0.2, -0.15) is 0 Å². The molecule has 1 aromatic rings. The van der Waals surface area contributed by atoms with Crippen LogP contribution in [0.2, 0.25) is 0 Å². The standard InChI is InChI=1S/C17H26N2O2/c1-3-19(13-15-7-6-10-18-15)11-12-21-17-9-5-4-8-16(17)14(2)20/h4-5,8-9,15,18H,3,6-7,10-13H2,1-2H3. The molecule has 0 aliphatic carbocycles. The maximum Gasteiger partial charge on any atom is 0.163 e. The van der Waals surface area contributed by atoms with Crippen LogP contribution >= 0.6 is 0 Å². The fourth-order valence-electron chi connectivity index (χ4n) is 2.77. The highest BCUT2D eigenvalue weighted by Gasteiger charge is 2.17. The number of benzene rings is 1. The predicted molar refractivity (Wildman–Crippen MR) is 85.1 cm³/mol. The zero-order chi connectivity index (χ0) is 15.1. The first-order valence-electron chi connectivity index (χ1n) is 7.89. The predicted octanol–water partition coefficient (Wildman–Crippen LogP) is 2.34. The number of nitrogens with zero attached hydrogens (tertiary/aromatic N) is 1. The summed E-state index contributed by atoms with van der Waals surface area (Å²) in [5.41, 5.74) is 0.665. The molecular formula is C17H26N2O2. The average molecular weight is 290 g/mol. The summed E-state index contributed by atoms with van der Waals surface area (Å²) in [5, 5.41) is 3.53. The summed E-state index contributed by atoms with van der Waals surface area (Å²) in [5.74, 6) is 0.744. The van der Waals surface area contributed by atoms with E-state index in [1.54, 1.807) is 6.92 Å². The van der Waals surface area contributed by atoms with E-state index < -0.39 is 0 Å². The zero-order valence-electron chi connectivity index (χ0n) is 13.1. The molecule has 1 saturated heterocycles. The quantitative estimate of drug-likeness (QED) is 0.746. The first-order valence-corrected chi connectivity index (χ1v) is 7.89. The third-order valence-corrected chi connectivity index (χ3v) is 4.02. The van der Waals surface area contributed by atoms with Crippen LogP contribution in [0.4, 0.5) is 0 Å². The van der Waals surface area contributed by atoms with Crippen molar-refractivity contribution in [1.29, 1.82) is 0 Å². The molecule has 1 heterocycles. The Labute approximate surface area is 127 Å². The topological polar surface area (TPSA) is 41.6 Å². The van der Waals surface area contributed by atoms with E-state index in [4.69, 9.17) is 4.74 Å². The Morgan fingerprint density at radius 1 is 1.43 bits per heavy atom. The summed E-state index contributed by atoms with van der Waals surface area (Å²) in [6, 6.07) is 8.08. The summed E-state index contributed by atoms with van der Waals surface area (Å²) in [6.45, 7) is 8.51. The molecule has 1 N–H and O–H groups in total. The van der Waals surface area contributed by atoms with Gasteiger partial charge in [-0.25, -0.2) is 0 Å². The van der Waals surface area contributed by atoms with Gasteiger partial charge in [0.1, 0.15) is 12.4 Å². The van der Waals surface area contributed by atoms with Crippen LogP contribution in [-0.4, -0.2) is 49.5 Å². The molecule has 116 valence electrons. The van der Waals surface area contributed by atoms with E-state index >= 15 is 0 Å². The van der Waals surface area contributed by atoms with Crippen LogP contribution in [0.15, 0.2) is 24.3 Å². The molecule has 1 aromatic carbocycles. The smallest absolute Gasteiger partial charge is 0.163 e. The molecule has 21 heavy (non-hydrogen) atoms. The molecule has 1 atom stereocenters. The van der Waals surface area contributed by atoms with Crippen molar-refractivity contribution in [2.45, 2.75) is 32.7 Å². The van der Waals surface area contributed by atoms with Crippen LogP contribution in [0.3, 0.4) is 0 Å². The molecule has 0 bridgehead atoms. The molecule has 0 spiro atoms. The van der Waals surface area contributed by atoms with Gasteiger partial charge in [-0.05, 0) is 45.0 Å². The number of carbonyl (C=O) groups is 1. The van der Waals surface area contributed by atoms with E-state index in [-0.39, 0.29) is 5.78 Å². The lowest BCUT2D eigenvalue weighted by atomic mass is 10.1. The minimum absolute atomic E-state index is 0.0492. The second-order valence-electron chi connectivity index (χ2n) is 5.59. The second-order valence-corrected chi connectivity index (χ2v) is 5.59. The van der Waals surface area contributed by atoms with E-state index in [1.807, 2.05) is 24.3 Å². The Hall–Kier alpha value is -1.39. The number of ketones is 1. The molecule has 1 unspecified atom stereocenters. The molecule has 1 fully saturated rings. The number of carbonyl (C=O) groups excluding carboxylic acids is 1. The lowest BCUT2D eigenvalue weighted by molar-refractivity contribution is 0.101. The normalized spacial score (nSPS) is 18.1. The number of hydrogen-bond acceptors (Lipinski definition) is 4. The molecule has 1 aliphatic heterocycles. The molecule has 4 heteroatoms. The average Bonchev–Trinajstić information content (AvgIpc) is 2.99. The van der Waals surface area contributed by atoms with Crippen molar-refractivity contribution in [3.63, 3.8) is 0 Å². The highest BCUT2D eigenvalue weighted by molar-refractivity contribution is 5.96. The van der Waals surface area contributed by atoms with Crippen molar-refractivity contribution in [2.75, 3.05) is 32.8 Å². The number of likely N-dealkylation sites (N-methyl/N-ethyl adjacent to an activating group) is 1. The number of hydrogen-bond donors (Lipinski definition) is 1. The lowest BCUT2D eigenvalue weighted by Gasteiger charge is -2.24. The van der Waals surface area contributed by atoms with Gasteiger partial charge in [-0.3, -0.25) is 9.69 Å². The minimum Gasteiger partial charge on any atom is -0.491 e. The number of ether oxygens (including phenoxy) is 1. The molecule has 0 saturated carbocycles. The SMILES string of the molecule is CCN(CCOc1ccccc1C(C)=O)CC1CCCN1. The van der Waals surface area contributed by atoms with Crippen molar-refractivity contribution in [2.24, 2.45) is 0 Å². The lowest BCUT2D eigenvalue weighted by Crippen LogP contribution is -2.39. The van der Waals surface area contributed by atoms with Gasteiger partial charge in [-0.15, -0.1) is 0 Å². The van der Waals surface area contributed by atoms with Gasteiger partial charge in [-0.1, -0.05) is 19.1 Å². The van der Waals surface area contributed by atoms with Crippen molar-refractivity contribution in [3.8, 4) is 5.75 Å². The van der Waals surface area contributed by atoms with Gasteiger partial charge in [0, 0.05) is 19.1 Å². The summed E-state index contributed by atoms with van der Waals surface area (Å²) in [7, 11) is 0. The second kappa shape index (κ2) is 8.15. The van der Waals surface area contributed by atoms with Crippen LogP contribution in [-0.2, 0) is 0 Å². The fourth-order valence-corrected chi connectivity index (χ4v) is 2.77. The fraction of sp³-hybridized carbons (Fsp3) is 0.588. The summed E-state index contributed by atoms with van der Waals surface area (Å²) >= 11 is 0. The largest absolute Gasteiger partial charge is 0.491 e. The Bertz CT molecular complexity index is 456. The zero-order valence-corrected chi connectivity index (χ0v) is 13.1. The van der Waals surface area contributed by atoms with Crippen molar-refractivity contribution >= 4 is 5.78 Å². The van der Waals surface area contributed by atoms with E-state index in [1.165, 1.54) is 12.8 Å². The summed E-state index contributed by atoms with van der Waals surface area (Å²) in [4.78, 5) is 14.0. The maximum atomic E-state index is 11.6. The molecule has 2 rings (SSSR count). The van der Waals surface area contributed by atoms with E-state index in [0.717, 1.165) is 26.2 Å². The van der Waals surface area contributed by atoms with Gasteiger partial charge in [0.2, 0.25) is 0 Å². The Balaban J connectivity index is 1.80. The van der Waals surface area contributed by atoms with Gasteiger partial charge in [0.15, 0.2) is 5.78 Å². The molecule has 1 aliphatic rings. The molecular weight excluding hydrogens is 264 g/mol. The molecule has 0 radical (unpaired) electrons. The van der Waals surface area contributed by atoms with Crippen molar-refractivity contribution < 1.29 is 9.53 Å². The van der Waals surface area contributed by atoms with Crippen LogP contribution in [0, 0.1) is 0 Å². The molecule has 0 amide bonds. The van der Waals surface area contributed by atoms with Gasteiger partial charge in [0.05, 0.1) is 5.56 Å². The van der Waals surface area contributed by atoms with Gasteiger partial charge >= 0.3 is 0 Å². The molecule has 4 nitrogen and oxygen atoms in total. The van der Waals surface area contributed by atoms with Crippen LogP contribution < -0.4 is 10.1 Å². The highest BCUT2D eigenvalue weighted by atomic mass is 16.5. The van der Waals surface area contributed by atoms with Crippen LogP contribution in [0.1, 0.15) is 37.0 Å². The summed E-state index contributed by atoms with van der Waals surface area (Å²) in [6.07, 6.45) is 2.55. The van der Waals surface area contributed by atoms with Gasteiger partial charge in [0.25, 0.3) is 0 Å². The Morgan fingerprint density at radius 2 is 2.24 bits per heavy atom. The van der Waals surface area contributed by atoms with E-state index in [2.05, 4.69) is 17.1 Å². The number of Topliss-reactive ketones (excluding diaryl/α,β-unsaturated/α-hetero) is 1. The number of para-hydroxylation sites is 1. The molecule has 0 aromatic heterocycles. The Kier molecular flexibility index (Phi) is 6.21. The Morgan fingerprint density at radius 3 is 2.90 bits per heavy atom. The number of rotatable bonds is 8. The van der Waals surface area contributed by atoms with Crippen molar-refractivity contribution in [1.82, 2.24) is 10.2 Å². The van der Waals surface area contributed by atoms with Crippen LogP contribution in [0.25, 0.3) is 0 Å². The first kappa shape index (κ1) is 16.0.